The van der Waals surface area contributed by atoms with Gasteiger partial charge in [-0.3, -0.25) is 9.59 Å². The summed E-state index contributed by atoms with van der Waals surface area (Å²) in [6.45, 7) is 1.38. The van der Waals surface area contributed by atoms with Crippen LogP contribution < -0.4 is 4.74 Å². The summed E-state index contributed by atoms with van der Waals surface area (Å²) in [5, 5.41) is 0.634. The summed E-state index contributed by atoms with van der Waals surface area (Å²) < 4.78 is 10.3. The van der Waals surface area contributed by atoms with Gasteiger partial charge in [-0.2, -0.15) is 0 Å². The highest BCUT2D eigenvalue weighted by Gasteiger charge is 2.59. The van der Waals surface area contributed by atoms with E-state index in [1.54, 1.807) is 24.3 Å². The molecule has 1 aromatic carbocycles. The van der Waals surface area contributed by atoms with Gasteiger partial charge < -0.3 is 14.4 Å². The topological polar surface area (TPSA) is 55.8 Å². The molecule has 0 radical (unpaired) electrons. The number of nitrogens with zero attached hydrogens (tertiary/aromatic N) is 1. The van der Waals surface area contributed by atoms with E-state index < -0.39 is 0 Å². The zero-order chi connectivity index (χ0) is 16.4. The minimum atomic E-state index is -0.115. The molecule has 23 heavy (non-hydrogen) atoms. The molecule has 0 unspecified atom stereocenters. The van der Waals surface area contributed by atoms with Crippen LogP contribution in [-0.4, -0.2) is 43.6 Å². The maximum absolute atomic E-state index is 12.2. The molecule has 1 spiro atoms. The number of benzene rings is 1. The lowest BCUT2D eigenvalue weighted by Gasteiger charge is -2.32. The van der Waals surface area contributed by atoms with Gasteiger partial charge in [0.15, 0.2) is 6.61 Å². The highest BCUT2D eigenvalue weighted by molar-refractivity contribution is 6.30. The number of hydrogen-bond donors (Lipinski definition) is 0. The molecule has 2 aliphatic rings. The van der Waals surface area contributed by atoms with Gasteiger partial charge in [-0.25, -0.2) is 0 Å². The number of carbonyl (C=O) groups excluding carboxylic acids is 2. The molecule has 124 valence electrons. The lowest BCUT2D eigenvalue weighted by Crippen LogP contribution is -2.42. The van der Waals surface area contributed by atoms with Gasteiger partial charge in [-0.1, -0.05) is 11.6 Å². The van der Waals surface area contributed by atoms with Crippen LogP contribution in [-0.2, 0) is 14.3 Å². The molecule has 1 atom stereocenters. The number of hydrogen-bond acceptors (Lipinski definition) is 4. The van der Waals surface area contributed by atoms with Gasteiger partial charge >= 0.3 is 5.97 Å². The molecule has 1 aliphatic carbocycles. The van der Waals surface area contributed by atoms with E-state index in [0.29, 0.717) is 23.9 Å². The average Bonchev–Trinajstić information content (AvgIpc) is 3.27. The average molecular weight is 338 g/mol. The van der Waals surface area contributed by atoms with E-state index in [2.05, 4.69) is 0 Å². The molecule has 2 fully saturated rings. The highest BCUT2D eigenvalue weighted by atomic mass is 35.5. The summed E-state index contributed by atoms with van der Waals surface area (Å²) in [5.74, 6) is 0.514. The first-order valence-corrected chi connectivity index (χ1v) is 8.16. The molecular formula is C17H20ClNO4. The van der Waals surface area contributed by atoms with Crippen LogP contribution in [0.3, 0.4) is 0 Å². The SMILES string of the molecule is COC(=O)[C@@H]1CC12CCN(C(=O)COc1ccc(Cl)cc1)CC2. The smallest absolute Gasteiger partial charge is 0.309 e. The maximum atomic E-state index is 12.2. The Labute approximate surface area is 140 Å². The first kappa shape index (κ1) is 16.1. The van der Waals surface area contributed by atoms with Gasteiger partial charge in [-0.15, -0.1) is 0 Å². The van der Waals surface area contributed by atoms with Crippen LogP contribution >= 0.6 is 11.6 Å². The Hall–Kier alpha value is -1.75. The Kier molecular flexibility index (Phi) is 4.48. The van der Waals surface area contributed by atoms with E-state index >= 15 is 0 Å². The first-order chi connectivity index (χ1) is 11.0. The third kappa shape index (κ3) is 3.44. The zero-order valence-electron chi connectivity index (χ0n) is 13.1. The van der Waals surface area contributed by atoms with E-state index in [4.69, 9.17) is 21.1 Å². The van der Waals surface area contributed by atoms with Crippen molar-refractivity contribution in [1.82, 2.24) is 4.90 Å². The van der Waals surface area contributed by atoms with Crippen LogP contribution in [0, 0.1) is 11.3 Å². The number of rotatable bonds is 4. The summed E-state index contributed by atoms with van der Waals surface area (Å²) in [4.78, 5) is 25.7. The van der Waals surface area contributed by atoms with Crippen molar-refractivity contribution < 1.29 is 19.1 Å². The second-order valence-corrected chi connectivity index (χ2v) is 6.70. The van der Waals surface area contributed by atoms with E-state index in [0.717, 1.165) is 19.3 Å². The van der Waals surface area contributed by atoms with Crippen LogP contribution in [0.25, 0.3) is 0 Å². The van der Waals surface area contributed by atoms with Crippen LogP contribution in [0.1, 0.15) is 19.3 Å². The molecule has 1 aromatic rings. The summed E-state index contributed by atoms with van der Waals surface area (Å²) >= 11 is 5.81. The van der Waals surface area contributed by atoms with E-state index in [1.807, 2.05) is 4.90 Å². The Morgan fingerprint density at radius 1 is 1.26 bits per heavy atom. The number of esters is 1. The van der Waals surface area contributed by atoms with Gasteiger partial charge in [-0.05, 0) is 48.9 Å². The lowest BCUT2D eigenvalue weighted by atomic mass is 9.91. The molecule has 1 heterocycles. The molecule has 1 aliphatic heterocycles. The number of ether oxygens (including phenoxy) is 2. The Morgan fingerprint density at radius 3 is 2.52 bits per heavy atom. The van der Waals surface area contributed by atoms with Crippen molar-refractivity contribution in [2.24, 2.45) is 11.3 Å². The van der Waals surface area contributed by atoms with Crippen molar-refractivity contribution in [1.29, 1.82) is 0 Å². The summed E-state index contributed by atoms with van der Waals surface area (Å²) in [7, 11) is 1.43. The fourth-order valence-corrected chi connectivity index (χ4v) is 3.47. The number of likely N-dealkylation sites (tertiary alicyclic amines) is 1. The van der Waals surface area contributed by atoms with Gasteiger partial charge in [0.2, 0.25) is 0 Å². The maximum Gasteiger partial charge on any atom is 0.309 e. The molecular weight excluding hydrogens is 318 g/mol. The third-order valence-electron chi connectivity index (χ3n) is 4.96. The molecule has 1 saturated heterocycles. The second-order valence-electron chi connectivity index (χ2n) is 6.27. The van der Waals surface area contributed by atoms with Crippen LogP contribution in [0.4, 0.5) is 0 Å². The molecule has 1 saturated carbocycles. The van der Waals surface area contributed by atoms with Crippen molar-refractivity contribution in [3.63, 3.8) is 0 Å². The van der Waals surface area contributed by atoms with Gasteiger partial charge in [0, 0.05) is 18.1 Å². The van der Waals surface area contributed by atoms with Crippen molar-refractivity contribution in [2.45, 2.75) is 19.3 Å². The van der Waals surface area contributed by atoms with Crippen molar-refractivity contribution in [2.75, 3.05) is 26.8 Å². The van der Waals surface area contributed by atoms with E-state index in [9.17, 15) is 9.59 Å². The Bertz CT molecular complexity index is 593. The molecule has 0 aromatic heterocycles. The van der Waals surface area contributed by atoms with Crippen LogP contribution in [0.15, 0.2) is 24.3 Å². The lowest BCUT2D eigenvalue weighted by molar-refractivity contribution is -0.143. The zero-order valence-corrected chi connectivity index (χ0v) is 13.8. The molecule has 1 amide bonds. The van der Waals surface area contributed by atoms with Crippen LogP contribution in [0.5, 0.6) is 5.75 Å². The Balaban J connectivity index is 1.45. The van der Waals surface area contributed by atoms with Crippen LogP contribution in [0.2, 0.25) is 5.02 Å². The minimum absolute atomic E-state index is 0.0229. The highest BCUT2D eigenvalue weighted by Crippen LogP contribution is 2.59. The summed E-state index contributed by atoms with van der Waals surface area (Å²) in [6, 6.07) is 6.94. The van der Waals surface area contributed by atoms with Gasteiger partial charge in [0.1, 0.15) is 5.75 Å². The standard InChI is InChI=1S/C17H20ClNO4/c1-22-16(21)14-10-17(14)6-8-19(9-7-17)15(20)11-23-13-4-2-12(18)3-5-13/h2-5,14H,6-11H2,1H3/t14-/m0/s1. The minimum Gasteiger partial charge on any atom is -0.484 e. The summed E-state index contributed by atoms with van der Waals surface area (Å²) in [6.07, 6.45) is 2.61. The van der Waals surface area contributed by atoms with E-state index in [-0.39, 0.29) is 29.8 Å². The second kappa shape index (κ2) is 6.40. The van der Waals surface area contributed by atoms with Crippen molar-refractivity contribution in [3.8, 4) is 5.75 Å². The van der Waals surface area contributed by atoms with Gasteiger partial charge in [0.25, 0.3) is 5.91 Å². The molecule has 0 bridgehead atoms. The quantitative estimate of drug-likeness (QED) is 0.792. The number of carbonyl (C=O) groups is 2. The fourth-order valence-electron chi connectivity index (χ4n) is 3.34. The molecule has 5 nitrogen and oxygen atoms in total. The van der Waals surface area contributed by atoms with Gasteiger partial charge in [0.05, 0.1) is 13.0 Å². The predicted octanol–water partition coefficient (Wildman–Crippen LogP) is 2.52. The largest absolute Gasteiger partial charge is 0.484 e. The number of amides is 1. The van der Waals surface area contributed by atoms with Crippen molar-refractivity contribution >= 4 is 23.5 Å². The predicted molar refractivity (Wildman–Crippen MR) is 85.3 cm³/mol. The fraction of sp³-hybridized carbons (Fsp3) is 0.529. The molecule has 3 rings (SSSR count). The van der Waals surface area contributed by atoms with E-state index in [1.165, 1.54) is 7.11 Å². The summed E-state index contributed by atoms with van der Waals surface area (Å²) in [5.41, 5.74) is 0.0703. The number of piperidine rings is 1. The third-order valence-corrected chi connectivity index (χ3v) is 5.22. The first-order valence-electron chi connectivity index (χ1n) is 7.78. The molecule has 0 N–H and O–H groups in total. The molecule has 6 heteroatoms. The normalized spacial score (nSPS) is 21.8. The number of halogens is 1. The Morgan fingerprint density at radius 2 is 1.91 bits per heavy atom. The van der Waals surface area contributed by atoms with Crippen molar-refractivity contribution in [3.05, 3.63) is 29.3 Å². The number of methoxy groups -OCH3 is 1. The monoisotopic (exact) mass is 337 g/mol.